The molecule has 110 valence electrons. The van der Waals surface area contributed by atoms with Crippen molar-refractivity contribution in [2.75, 3.05) is 12.3 Å². The van der Waals surface area contributed by atoms with Crippen molar-refractivity contribution in [2.24, 2.45) is 0 Å². The fourth-order valence-corrected chi connectivity index (χ4v) is 2.96. The van der Waals surface area contributed by atoms with Crippen LogP contribution in [0.5, 0.6) is 0 Å². The lowest BCUT2D eigenvalue weighted by atomic mass is 10.0. The molecule has 1 aromatic heterocycles. The Morgan fingerprint density at radius 2 is 2.14 bits per heavy atom. The summed E-state index contributed by atoms with van der Waals surface area (Å²) in [6.45, 7) is 1.11. The first kappa shape index (κ1) is 13.7. The molecule has 1 fully saturated rings. The molecule has 0 aliphatic carbocycles. The van der Waals surface area contributed by atoms with Gasteiger partial charge in [0.05, 0.1) is 11.9 Å². The van der Waals surface area contributed by atoms with Crippen molar-refractivity contribution in [1.82, 2.24) is 14.7 Å². The van der Waals surface area contributed by atoms with Crippen molar-refractivity contribution in [3.63, 3.8) is 0 Å². The summed E-state index contributed by atoms with van der Waals surface area (Å²) in [6, 6.07) is 10.6. The Morgan fingerprint density at radius 3 is 2.86 bits per heavy atom. The smallest absolute Gasteiger partial charge is 0.244 e. The normalized spacial score (nSPS) is 18.1. The van der Waals surface area contributed by atoms with E-state index in [4.69, 9.17) is 5.73 Å². The van der Waals surface area contributed by atoms with Crippen LogP contribution in [0.4, 0.5) is 5.69 Å². The molecule has 2 heterocycles. The molecular weight excluding hydrogens is 264 g/mol. The van der Waals surface area contributed by atoms with Crippen molar-refractivity contribution >= 4 is 11.6 Å². The number of amides is 1. The Labute approximate surface area is 124 Å². The fraction of sp³-hybridized carbons (Fsp3) is 0.375. The van der Waals surface area contributed by atoms with Crippen LogP contribution in [0, 0.1) is 0 Å². The van der Waals surface area contributed by atoms with Gasteiger partial charge in [-0.15, -0.1) is 0 Å². The Hall–Kier alpha value is -2.30. The highest BCUT2D eigenvalue weighted by molar-refractivity contribution is 5.76. The van der Waals surface area contributed by atoms with Gasteiger partial charge in [-0.25, -0.2) is 0 Å². The fourth-order valence-electron chi connectivity index (χ4n) is 2.96. The third kappa shape index (κ3) is 3.24. The highest BCUT2D eigenvalue weighted by atomic mass is 16.2. The van der Waals surface area contributed by atoms with E-state index < -0.39 is 0 Å². The maximum absolute atomic E-state index is 12.4. The van der Waals surface area contributed by atoms with Gasteiger partial charge in [-0.2, -0.15) is 5.10 Å². The molecule has 2 aromatic rings. The Kier molecular flexibility index (Phi) is 3.90. The zero-order chi connectivity index (χ0) is 14.7. The zero-order valence-electron chi connectivity index (χ0n) is 12.0. The van der Waals surface area contributed by atoms with Crippen LogP contribution in [0.25, 0.3) is 0 Å². The summed E-state index contributed by atoms with van der Waals surface area (Å²) >= 11 is 0. The summed E-state index contributed by atoms with van der Waals surface area (Å²) in [5, 5.41) is 4.08. The second kappa shape index (κ2) is 5.99. The van der Waals surface area contributed by atoms with E-state index in [-0.39, 0.29) is 12.5 Å². The second-order valence-corrected chi connectivity index (χ2v) is 5.54. The van der Waals surface area contributed by atoms with Crippen LogP contribution in [0.15, 0.2) is 42.7 Å². The van der Waals surface area contributed by atoms with Crippen LogP contribution in [0.2, 0.25) is 0 Å². The summed E-state index contributed by atoms with van der Waals surface area (Å²) in [4.78, 5) is 14.4. The van der Waals surface area contributed by atoms with E-state index >= 15 is 0 Å². The van der Waals surface area contributed by atoms with Crippen LogP contribution >= 0.6 is 0 Å². The van der Waals surface area contributed by atoms with Crippen LogP contribution in [0.3, 0.4) is 0 Å². The minimum atomic E-state index is 0.122. The molecule has 1 atom stereocenters. The van der Waals surface area contributed by atoms with E-state index in [0.717, 1.165) is 25.8 Å². The molecule has 1 amide bonds. The number of rotatable bonds is 4. The summed E-state index contributed by atoms with van der Waals surface area (Å²) in [6.07, 6.45) is 6.33. The molecule has 1 saturated heterocycles. The number of carbonyl (C=O) groups is 1. The van der Waals surface area contributed by atoms with Crippen molar-refractivity contribution < 1.29 is 4.79 Å². The number of nitrogens with two attached hydrogens (primary N) is 1. The van der Waals surface area contributed by atoms with Crippen LogP contribution in [-0.4, -0.2) is 33.2 Å². The number of nitrogens with zero attached hydrogens (tertiary/aromatic N) is 3. The van der Waals surface area contributed by atoms with E-state index in [1.807, 2.05) is 23.1 Å². The van der Waals surface area contributed by atoms with Gasteiger partial charge in [-0.05, 0) is 24.8 Å². The molecule has 0 spiro atoms. The third-order valence-electron chi connectivity index (χ3n) is 3.96. The van der Waals surface area contributed by atoms with E-state index in [9.17, 15) is 4.79 Å². The second-order valence-electron chi connectivity index (χ2n) is 5.54. The predicted molar refractivity (Wildman–Crippen MR) is 81.5 cm³/mol. The van der Waals surface area contributed by atoms with Gasteiger partial charge < -0.3 is 10.6 Å². The maximum Gasteiger partial charge on any atom is 0.244 e. The molecular formula is C16H20N4O. The quantitative estimate of drug-likeness (QED) is 0.929. The first-order valence-corrected chi connectivity index (χ1v) is 7.34. The van der Waals surface area contributed by atoms with Crippen LogP contribution in [0.1, 0.15) is 18.4 Å². The lowest BCUT2D eigenvalue weighted by molar-refractivity contribution is -0.132. The summed E-state index contributed by atoms with van der Waals surface area (Å²) in [5.74, 6) is 0.122. The van der Waals surface area contributed by atoms with Gasteiger partial charge in [0.15, 0.2) is 0 Å². The molecule has 2 N–H and O–H groups in total. The molecule has 0 radical (unpaired) electrons. The maximum atomic E-state index is 12.4. The van der Waals surface area contributed by atoms with Gasteiger partial charge in [0.25, 0.3) is 0 Å². The highest BCUT2D eigenvalue weighted by Crippen LogP contribution is 2.21. The van der Waals surface area contributed by atoms with Crippen molar-refractivity contribution in [1.29, 1.82) is 0 Å². The highest BCUT2D eigenvalue weighted by Gasteiger charge is 2.28. The number of nitrogen functional groups attached to an aromatic ring is 1. The largest absolute Gasteiger partial charge is 0.396 e. The zero-order valence-corrected chi connectivity index (χ0v) is 12.0. The summed E-state index contributed by atoms with van der Waals surface area (Å²) in [7, 11) is 0. The van der Waals surface area contributed by atoms with E-state index in [0.29, 0.717) is 11.7 Å². The van der Waals surface area contributed by atoms with Crippen LogP contribution < -0.4 is 5.73 Å². The van der Waals surface area contributed by atoms with Gasteiger partial charge in [-0.1, -0.05) is 30.3 Å². The number of aromatic nitrogens is 2. The molecule has 1 unspecified atom stereocenters. The van der Waals surface area contributed by atoms with Gasteiger partial charge in [0, 0.05) is 18.8 Å². The van der Waals surface area contributed by atoms with Gasteiger partial charge in [0.1, 0.15) is 6.54 Å². The molecule has 0 bridgehead atoms. The average Bonchev–Trinajstić information content (AvgIpc) is 3.09. The molecule has 21 heavy (non-hydrogen) atoms. The monoisotopic (exact) mass is 284 g/mol. The SMILES string of the molecule is Nc1cnn(CC(=O)N2CCCC2Cc2ccccc2)c1. The number of likely N-dealkylation sites (tertiary alicyclic amines) is 1. The molecule has 3 rings (SSSR count). The van der Waals surface area contributed by atoms with Gasteiger partial charge >= 0.3 is 0 Å². The molecule has 1 aliphatic heterocycles. The summed E-state index contributed by atoms with van der Waals surface area (Å²) in [5.41, 5.74) is 7.50. The Morgan fingerprint density at radius 1 is 1.33 bits per heavy atom. The minimum Gasteiger partial charge on any atom is -0.396 e. The lowest BCUT2D eigenvalue weighted by Gasteiger charge is -2.25. The number of hydrogen-bond acceptors (Lipinski definition) is 3. The topological polar surface area (TPSA) is 64.1 Å². The number of benzene rings is 1. The van der Waals surface area contributed by atoms with Crippen molar-refractivity contribution in [3.05, 3.63) is 48.3 Å². The molecule has 5 heteroatoms. The first-order valence-electron chi connectivity index (χ1n) is 7.34. The van der Waals surface area contributed by atoms with Gasteiger partial charge in [-0.3, -0.25) is 9.48 Å². The minimum absolute atomic E-state index is 0.122. The van der Waals surface area contributed by atoms with E-state index in [2.05, 4.69) is 17.2 Å². The van der Waals surface area contributed by atoms with Crippen molar-refractivity contribution in [2.45, 2.75) is 31.8 Å². The van der Waals surface area contributed by atoms with Gasteiger partial charge in [0.2, 0.25) is 5.91 Å². The molecule has 1 aliphatic rings. The first-order chi connectivity index (χ1) is 10.2. The number of carbonyl (C=O) groups excluding carboxylic acids is 1. The molecule has 0 saturated carbocycles. The number of anilines is 1. The molecule has 5 nitrogen and oxygen atoms in total. The molecule has 1 aromatic carbocycles. The van der Waals surface area contributed by atoms with Crippen LogP contribution in [-0.2, 0) is 17.8 Å². The standard InChI is InChI=1S/C16H20N4O/c17-14-10-18-19(11-14)12-16(21)20-8-4-7-15(20)9-13-5-2-1-3-6-13/h1-3,5-6,10-11,15H,4,7-9,12,17H2. The average molecular weight is 284 g/mol. The predicted octanol–water partition coefficient (Wildman–Crippen LogP) is 1.70. The Balaban J connectivity index is 1.64. The summed E-state index contributed by atoms with van der Waals surface area (Å²) < 4.78 is 1.61. The lowest BCUT2D eigenvalue weighted by Crippen LogP contribution is -2.39. The van der Waals surface area contributed by atoms with Crippen molar-refractivity contribution in [3.8, 4) is 0 Å². The Bertz CT molecular complexity index is 608. The third-order valence-corrected chi connectivity index (χ3v) is 3.96. The van der Waals surface area contributed by atoms with E-state index in [1.165, 1.54) is 5.56 Å². The van der Waals surface area contributed by atoms with E-state index in [1.54, 1.807) is 17.1 Å². The number of hydrogen-bond donors (Lipinski definition) is 1.